The quantitative estimate of drug-likeness (QED) is 0.177. The summed E-state index contributed by atoms with van der Waals surface area (Å²) in [5, 5.41) is 11.7. The second kappa shape index (κ2) is 9.28. The fourth-order valence-electron chi connectivity index (χ4n) is 4.14. The summed E-state index contributed by atoms with van der Waals surface area (Å²) in [6.45, 7) is 4.39. The van der Waals surface area contributed by atoms with Crippen LogP contribution < -0.4 is 9.64 Å². The highest BCUT2D eigenvalue weighted by Gasteiger charge is 2.48. The molecule has 1 saturated heterocycles. The Bertz CT molecular complexity index is 1480. The van der Waals surface area contributed by atoms with Gasteiger partial charge in [-0.25, -0.2) is 4.98 Å². The third-order valence-corrected chi connectivity index (χ3v) is 7.35. The first-order valence-electron chi connectivity index (χ1n) is 11.0. The van der Waals surface area contributed by atoms with E-state index in [4.69, 9.17) is 4.74 Å². The number of aryl methyl sites for hydroxylation is 1. The summed E-state index contributed by atoms with van der Waals surface area (Å²) in [5.74, 6) is -1.06. The Morgan fingerprint density at radius 1 is 1.09 bits per heavy atom. The molecular formula is C27H21BrN2O4S. The Hall–Kier alpha value is -3.49. The average Bonchev–Trinajstić information content (AvgIpc) is 3.37. The first-order chi connectivity index (χ1) is 16.9. The standard InChI is InChI=1S/C27H21BrN2O4S/c1-3-34-19-11-7-17(8-12-19)24(31)22-23(16-5-9-18(28)10-6-16)30(26(33)25(22)32)27-29-20-13-4-15(2)14-21(20)35-27/h4-14,23,31H,3H2,1-2H3/t23-/m1/s1. The molecule has 6 nitrogen and oxygen atoms in total. The molecule has 5 rings (SSSR count). The first-order valence-corrected chi connectivity index (χ1v) is 12.6. The number of Topliss-reactive ketones (excluding diaryl/α,β-unsaturated/α-hetero) is 1. The van der Waals surface area contributed by atoms with Gasteiger partial charge in [0.05, 0.1) is 28.4 Å². The number of fused-ring (bicyclic) bond motifs is 1. The molecule has 1 fully saturated rings. The lowest BCUT2D eigenvalue weighted by atomic mass is 9.95. The van der Waals surface area contributed by atoms with Crippen molar-refractivity contribution in [1.82, 2.24) is 4.98 Å². The van der Waals surface area contributed by atoms with E-state index in [0.29, 0.717) is 28.6 Å². The molecule has 1 aliphatic heterocycles. The number of halogens is 1. The van der Waals surface area contributed by atoms with Crippen molar-refractivity contribution in [2.45, 2.75) is 19.9 Å². The van der Waals surface area contributed by atoms with Crippen molar-refractivity contribution in [3.05, 3.63) is 93.5 Å². The molecule has 0 saturated carbocycles. The fourth-order valence-corrected chi connectivity index (χ4v) is 5.50. The van der Waals surface area contributed by atoms with Crippen molar-refractivity contribution >= 4 is 60.1 Å². The maximum Gasteiger partial charge on any atom is 0.301 e. The number of rotatable bonds is 5. The van der Waals surface area contributed by atoms with Gasteiger partial charge < -0.3 is 9.84 Å². The zero-order valence-corrected chi connectivity index (χ0v) is 21.4. The van der Waals surface area contributed by atoms with E-state index in [9.17, 15) is 14.7 Å². The van der Waals surface area contributed by atoms with Gasteiger partial charge in [-0.15, -0.1) is 0 Å². The number of carbonyl (C=O) groups is 2. The number of aliphatic hydroxyl groups excluding tert-OH is 1. The van der Waals surface area contributed by atoms with E-state index in [1.807, 2.05) is 56.3 Å². The largest absolute Gasteiger partial charge is 0.507 e. The summed E-state index contributed by atoms with van der Waals surface area (Å²) in [4.78, 5) is 32.7. The van der Waals surface area contributed by atoms with Gasteiger partial charge in [-0.05, 0) is 73.5 Å². The predicted octanol–water partition coefficient (Wildman–Crippen LogP) is 6.39. The highest BCUT2D eigenvalue weighted by atomic mass is 79.9. The molecule has 1 aliphatic rings. The van der Waals surface area contributed by atoms with Gasteiger partial charge >= 0.3 is 5.91 Å². The lowest BCUT2D eigenvalue weighted by molar-refractivity contribution is -0.132. The number of hydrogen-bond donors (Lipinski definition) is 1. The number of ether oxygens (including phenoxy) is 1. The van der Waals surface area contributed by atoms with Gasteiger partial charge in [0.1, 0.15) is 11.5 Å². The van der Waals surface area contributed by atoms with Crippen LogP contribution in [0.5, 0.6) is 5.75 Å². The molecule has 176 valence electrons. The Morgan fingerprint density at radius 2 is 1.80 bits per heavy atom. The zero-order valence-electron chi connectivity index (χ0n) is 19.0. The summed E-state index contributed by atoms with van der Waals surface area (Å²) >= 11 is 4.78. The van der Waals surface area contributed by atoms with Gasteiger partial charge in [-0.3, -0.25) is 14.5 Å². The minimum Gasteiger partial charge on any atom is -0.507 e. The Balaban J connectivity index is 1.68. The van der Waals surface area contributed by atoms with E-state index < -0.39 is 17.7 Å². The maximum atomic E-state index is 13.4. The summed E-state index contributed by atoms with van der Waals surface area (Å²) in [5.41, 5.74) is 2.97. The van der Waals surface area contributed by atoms with E-state index in [2.05, 4.69) is 20.9 Å². The molecule has 0 unspecified atom stereocenters. The summed E-state index contributed by atoms with van der Waals surface area (Å²) in [7, 11) is 0. The highest BCUT2D eigenvalue weighted by Crippen LogP contribution is 2.44. The molecule has 4 aromatic rings. The predicted molar refractivity (Wildman–Crippen MR) is 141 cm³/mol. The molecule has 0 spiro atoms. The van der Waals surface area contributed by atoms with Crippen molar-refractivity contribution in [2.75, 3.05) is 11.5 Å². The van der Waals surface area contributed by atoms with Crippen LogP contribution in [-0.4, -0.2) is 28.4 Å². The van der Waals surface area contributed by atoms with Crippen LogP contribution >= 0.6 is 27.3 Å². The van der Waals surface area contributed by atoms with Crippen molar-refractivity contribution in [3.63, 3.8) is 0 Å². The van der Waals surface area contributed by atoms with Crippen LogP contribution in [0.2, 0.25) is 0 Å². The van der Waals surface area contributed by atoms with Gasteiger partial charge in [0.2, 0.25) is 0 Å². The van der Waals surface area contributed by atoms with Gasteiger partial charge in [0, 0.05) is 10.0 Å². The van der Waals surface area contributed by atoms with Gasteiger partial charge in [0.25, 0.3) is 5.78 Å². The van der Waals surface area contributed by atoms with E-state index >= 15 is 0 Å². The summed E-state index contributed by atoms with van der Waals surface area (Å²) in [6, 6.07) is 19.2. The second-order valence-corrected chi connectivity index (χ2v) is 10.1. The second-order valence-electron chi connectivity index (χ2n) is 8.15. The summed E-state index contributed by atoms with van der Waals surface area (Å²) < 4.78 is 7.26. The molecule has 0 bridgehead atoms. The Kier molecular flexibility index (Phi) is 6.17. The molecule has 8 heteroatoms. The number of anilines is 1. The van der Waals surface area contributed by atoms with Crippen molar-refractivity contribution in [2.24, 2.45) is 0 Å². The fraction of sp³-hybridized carbons (Fsp3) is 0.148. The third kappa shape index (κ3) is 4.24. The minimum absolute atomic E-state index is 0.0249. The smallest absolute Gasteiger partial charge is 0.301 e. The normalized spacial score (nSPS) is 17.3. The molecule has 1 amide bonds. The number of carbonyl (C=O) groups excluding carboxylic acids is 2. The van der Waals surface area contributed by atoms with Gasteiger partial charge in [0.15, 0.2) is 5.13 Å². The van der Waals surface area contributed by atoms with Gasteiger partial charge in [-0.2, -0.15) is 0 Å². The number of ketones is 1. The average molecular weight is 549 g/mol. The summed E-state index contributed by atoms with van der Waals surface area (Å²) in [6.07, 6.45) is 0. The maximum absolute atomic E-state index is 13.4. The Labute approximate surface area is 214 Å². The van der Waals surface area contributed by atoms with E-state index in [0.717, 1.165) is 20.3 Å². The molecule has 35 heavy (non-hydrogen) atoms. The number of benzene rings is 3. The zero-order chi connectivity index (χ0) is 24.7. The van der Waals surface area contributed by atoms with Crippen LogP contribution in [0.1, 0.15) is 29.7 Å². The van der Waals surface area contributed by atoms with Crippen LogP contribution in [0.25, 0.3) is 16.0 Å². The third-order valence-electron chi connectivity index (χ3n) is 5.81. The molecule has 1 aromatic heterocycles. The first kappa shape index (κ1) is 23.3. The number of amides is 1. The number of aliphatic hydroxyl groups is 1. The molecule has 3 aromatic carbocycles. The van der Waals surface area contributed by atoms with Gasteiger partial charge in [-0.1, -0.05) is 45.5 Å². The minimum atomic E-state index is -0.823. The Morgan fingerprint density at radius 3 is 2.49 bits per heavy atom. The SMILES string of the molecule is CCOc1ccc(C(O)=C2C(=O)C(=O)N(c3nc4ccc(C)cc4s3)[C@@H]2c2ccc(Br)cc2)cc1. The van der Waals surface area contributed by atoms with Crippen molar-refractivity contribution in [3.8, 4) is 5.75 Å². The topological polar surface area (TPSA) is 79.7 Å². The monoisotopic (exact) mass is 548 g/mol. The molecule has 0 aliphatic carbocycles. The van der Waals surface area contributed by atoms with Crippen LogP contribution in [-0.2, 0) is 9.59 Å². The number of thiazole rings is 1. The lowest BCUT2D eigenvalue weighted by Crippen LogP contribution is -2.29. The molecule has 1 N–H and O–H groups in total. The molecular weight excluding hydrogens is 528 g/mol. The van der Waals surface area contributed by atoms with E-state index in [1.54, 1.807) is 24.3 Å². The van der Waals surface area contributed by atoms with Crippen molar-refractivity contribution < 1.29 is 19.4 Å². The van der Waals surface area contributed by atoms with Crippen LogP contribution in [0.4, 0.5) is 5.13 Å². The van der Waals surface area contributed by atoms with E-state index in [1.165, 1.54) is 16.2 Å². The van der Waals surface area contributed by atoms with Crippen LogP contribution in [0.15, 0.2) is 76.8 Å². The lowest BCUT2D eigenvalue weighted by Gasteiger charge is -2.23. The van der Waals surface area contributed by atoms with E-state index in [-0.39, 0.29) is 11.3 Å². The molecule has 0 radical (unpaired) electrons. The number of aromatic nitrogens is 1. The molecule has 2 heterocycles. The van der Waals surface area contributed by atoms with Crippen molar-refractivity contribution in [1.29, 1.82) is 0 Å². The highest BCUT2D eigenvalue weighted by molar-refractivity contribution is 9.10. The van der Waals surface area contributed by atoms with Crippen LogP contribution in [0.3, 0.4) is 0 Å². The van der Waals surface area contributed by atoms with Crippen LogP contribution in [0, 0.1) is 6.92 Å². The molecule has 1 atom stereocenters. The number of hydrogen-bond acceptors (Lipinski definition) is 6. The number of nitrogens with zero attached hydrogens (tertiary/aromatic N) is 2.